The minimum atomic E-state index is -0.380. The summed E-state index contributed by atoms with van der Waals surface area (Å²) in [6.45, 7) is 3.33. The number of furan rings is 1. The van der Waals surface area contributed by atoms with Crippen LogP contribution in [0.25, 0.3) is 0 Å². The lowest BCUT2D eigenvalue weighted by Gasteiger charge is -2.29. The number of rotatable bonds is 8. The Hall–Kier alpha value is -2.03. The average molecular weight is 538 g/mol. The van der Waals surface area contributed by atoms with E-state index in [1.807, 2.05) is 44.4 Å². The zero-order chi connectivity index (χ0) is 21.4. The van der Waals surface area contributed by atoms with Crippen molar-refractivity contribution in [2.75, 3.05) is 27.2 Å². The number of guanidine groups is 1. The van der Waals surface area contributed by atoms with E-state index in [0.717, 1.165) is 43.8 Å². The van der Waals surface area contributed by atoms with Crippen LogP contribution in [0.5, 0.6) is 0 Å². The minimum Gasteiger partial charge on any atom is -0.469 e. The van der Waals surface area contributed by atoms with E-state index in [1.165, 1.54) is 5.56 Å². The first kappa shape index (κ1) is 25.2. The van der Waals surface area contributed by atoms with E-state index in [2.05, 4.69) is 29.7 Å². The van der Waals surface area contributed by atoms with Crippen LogP contribution in [-0.2, 0) is 11.2 Å². The van der Waals surface area contributed by atoms with Crippen LogP contribution < -0.4 is 10.6 Å². The van der Waals surface area contributed by atoms with Gasteiger partial charge in [-0.05, 0) is 37.5 Å². The Morgan fingerprint density at radius 2 is 1.87 bits per heavy atom. The third-order valence-electron chi connectivity index (χ3n) is 5.86. The number of hydrogen-bond donors (Lipinski definition) is 2. The zero-order valence-electron chi connectivity index (χ0n) is 18.8. The van der Waals surface area contributed by atoms with Gasteiger partial charge in [0.1, 0.15) is 5.76 Å². The van der Waals surface area contributed by atoms with E-state index in [1.54, 1.807) is 11.2 Å². The Morgan fingerprint density at radius 1 is 1.16 bits per heavy atom. The number of amides is 1. The fourth-order valence-corrected chi connectivity index (χ4v) is 4.14. The van der Waals surface area contributed by atoms with Gasteiger partial charge in [0.25, 0.3) is 0 Å². The Labute approximate surface area is 202 Å². The molecule has 170 valence electrons. The van der Waals surface area contributed by atoms with Crippen LogP contribution in [0.2, 0.25) is 0 Å². The van der Waals surface area contributed by atoms with E-state index >= 15 is 0 Å². The van der Waals surface area contributed by atoms with Crippen LogP contribution in [0.4, 0.5) is 0 Å². The molecular formula is C24H35IN4O2. The fourth-order valence-electron chi connectivity index (χ4n) is 4.14. The SMILES string of the molecule is CC(NC(=NCC1(C(=O)N(C)C)CCCC1)NCCc1ccco1)c1ccccc1.I. The van der Waals surface area contributed by atoms with E-state index in [-0.39, 0.29) is 41.3 Å². The highest BCUT2D eigenvalue weighted by molar-refractivity contribution is 14.0. The molecule has 1 saturated carbocycles. The Bertz CT molecular complexity index is 815. The van der Waals surface area contributed by atoms with Crippen LogP contribution in [0.15, 0.2) is 58.1 Å². The maximum absolute atomic E-state index is 12.9. The van der Waals surface area contributed by atoms with Crippen molar-refractivity contribution in [1.29, 1.82) is 0 Å². The van der Waals surface area contributed by atoms with Gasteiger partial charge >= 0.3 is 0 Å². The molecule has 0 radical (unpaired) electrons. The highest BCUT2D eigenvalue weighted by Crippen LogP contribution is 2.39. The first-order chi connectivity index (χ1) is 14.5. The van der Waals surface area contributed by atoms with Gasteiger partial charge in [-0.1, -0.05) is 43.2 Å². The van der Waals surface area contributed by atoms with Gasteiger partial charge in [0.15, 0.2) is 5.96 Å². The summed E-state index contributed by atoms with van der Waals surface area (Å²) >= 11 is 0. The largest absolute Gasteiger partial charge is 0.469 e. The molecule has 2 aromatic rings. The van der Waals surface area contributed by atoms with Crippen molar-refractivity contribution < 1.29 is 9.21 Å². The molecule has 7 heteroatoms. The van der Waals surface area contributed by atoms with Crippen molar-refractivity contribution in [3.63, 3.8) is 0 Å². The monoisotopic (exact) mass is 538 g/mol. The normalized spacial score (nSPS) is 16.3. The number of carbonyl (C=O) groups excluding carboxylic acids is 1. The summed E-state index contributed by atoms with van der Waals surface area (Å²) in [4.78, 5) is 19.5. The molecule has 0 aliphatic heterocycles. The fraction of sp³-hybridized carbons (Fsp3) is 0.500. The molecule has 0 bridgehead atoms. The van der Waals surface area contributed by atoms with E-state index < -0.39 is 0 Å². The number of benzene rings is 1. The van der Waals surface area contributed by atoms with Gasteiger partial charge in [-0.15, -0.1) is 24.0 Å². The molecule has 1 aromatic carbocycles. The van der Waals surface area contributed by atoms with Gasteiger partial charge in [-0.3, -0.25) is 9.79 Å². The van der Waals surface area contributed by atoms with Gasteiger partial charge in [0.05, 0.1) is 24.3 Å². The summed E-state index contributed by atoms with van der Waals surface area (Å²) in [5.74, 6) is 1.86. The van der Waals surface area contributed by atoms with Crippen molar-refractivity contribution >= 4 is 35.8 Å². The molecule has 1 aliphatic rings. The van der Waals surface area contributed by atoms with Crippen LogP contribution in [0.1, 0.15) is 50.0 Å². The summed E-state index contributed by atoms with van der Waals surface area (Å²) in [6.07, 6.45) is 6.45. The molecule has 1 unspecified atom stereocenters. The molecular weight excluding hydrogens is 503 g/mol. The number of nitrogens with one attached hydrogen (secondary N) is 2. The smallest absolute Gasteiger partial charge is 0.230 e. The summed E-state index contributed by atoms with van der Waals surface area (Å²) in [5.41, 5.74) is 0.813. The van der Waals surface area contributed by atoms with Crippen LogP contribution in [0.3, 0.4) is 0 Å². The standard InChI is InChI=1S/C24H34N4O2.HI/c1-19(20-10-5-4-6-11-20)27-23(25-16-13-21-12-9-17-30-21)26-18-24(14-7-8-15-24)22(29)28(2)3;/h4-6,9-12,17,19H,7-8,13-16,18H2,1-3H3,(H2,25,26,27);1H. The molecule has 0 spiro atoms. The number of aliphatic imine (C=N–C) groups is 1. The second-order valence-electron chi connectivity index (χ2n) is 8.38. The molecule has 6 nitrogen and oxygen atoms in total. The maximum Gasteiger partial charge on any atom is 0.230 e. The predicted octanol–water partition coefficient (Wildman–Crippen LogP) is 4.39. The Balaban J connectivity index is 0.00000341. The molecule has 1 aromatic heterocycles. The highest BCUT2D eigenvalue weighted by atomic mass is 127. The maximum atomic E-state index is 12.9. The second kappa shape index (κ2) is 12.1. The zero-order valence-corrected chi connectivity index (χ0v) is 21.1. The second-order valence-corrected chi connectivity index (χ2v) is 8.38. The summed E-state index contributed by atoms with van der Waals surface area (Å²) in [7, 11) is 3.68. The third-order valence-corrected chi connectivity index (χ3v) is 5.86. The lowest BCUT2D eigenvalue weighted by atomic mass is 9.85. The van der Waals surface area contributed by atoms with Gasteiger partial charge < -0.3 is 20.0 Å². The van der Waals surface area contributed by atoms with Crippen LogP contribution in [0, 0.1) is 5.41 Å². The number of halogens is 1. The number of carbonyl (C=O) groups is 1. The molecule has 0 saturated heterocycles. The van der Waals surface area contributed by atoms with Crippen molar-refractivity contribution in [3.05, 3.63) is 60.1 Å². The lowest BCUT2D eigenvalue weighted by molar-refractivity contribution is -0.138. The lowest BCUT2D eigenvalue weighted by Crippen LogP contribution is -2.43. The van der Waals surface area contributed by atoms with Crippen molar-refractivity contribution in [2.45, 2.75) is 45.1 Å². The number of hydrogen-bond acceptors (Lipinski definition) is 3. The molecule has 1 aliphatic carbocycles. The first-order valence-corrected chi connectivity index (χ1v) is 10.8. The van der Waals surface area contributed by atoms with Gasteiger partial charge in [0, 0.05) is 27.1 Å². The molecule has 2 N–H and O–H groups in total. The molecule has 1 amide bonds. The van der Waals surface area contributed by atoms with E-state index in [0.29, 0.717) is 13.1 Å². The summed E-state index contributed by atoms with van der Waals surface area (Å²) in [6, 6.07) is 14.3. The quantitative estimate of drug-likeness (QED) is 0.297. The van der Waals surface area contributed by atoms with Gasteiger partial charge in [-0.25, -0.2) is 0 Å². The first-order valence-electron chi connectivity index (χ1n) is 10.8. The molecule has 1 atom stereocenters. The predicted molar refractivity (Wildman–Crippen MR) is 136 cm³/mol. The summed E-state index contributed by atoms with van der Waals surface area (Å²) < 4.78 is 5.43. The molecule has 1 heterocycles. The third kappa shape index (κ3) is 6.98. The number of nitrogens with zero attached hydrogens (tertiary/aromatic N) is 2. The minimum absolute atomic E-state index is 0. The Kier molecular flexibility index (Phi) is 9.87. The van der Waals surface area contributed by atoms with E-state index in [4.69, 9.17) is 9.41 Å². The van der Waals surface area contributed by atoms with Crippen molar-refractivity contribution in [2.24, 2.45) is 10.4 Å². The van der Waals surface area contributed by atoms with Gasteiger partial charge in [-0.2, -0.15) is 0 Å². The molecule has 3 rings (SSSR count). The summed E-state index contributed by atoms with van der Waals surface area (Å²) in [5, 5.41) is 6.93. The van der Waals surface area contributed by atoms with Crippen molar-refractivity contribution in [1.82, 2.24) is 15.5 Å². The van der Waals surface area contributed by atoms with Crippen LogP contribution in [-0.4, -0.2) is 44.0 Å². The topological polar surface area (TPSA) is 69.9 Å². The van der Waals surface area contributed by atoms with E-state index in [9.17, 15) is 4.79 Å². The van der Waals surface area contributed by atoms with Gasteiger partial charge in [0.2, 0.25) is 5.91 Å². The highest BCUT2D eigenvalue weighted by Gasteiger charge is 2.42. The Morgan fingerprint density at radius 3 is 2.48 bits per heavy atom. The van der Waals surface area contributed by atoms with Crippen LogP contribution >= 0.6 is 24.0 Å². The average Bonchev–Trinajstić information content (AvgIpc) is 3.44. The molecule has 1 fully saturated rings. The van der Waals surface area contributed by atoms with Crippen molar-refractivity contribution in [3.8, 4) is 0 Å². The molecule has 31 heavy (non-hydrogen) atoms.